The molecule has 0 aliphatic carbocycles. The van der Waals surface area contributed by atoms with E-state index in [1.54, 1.807) is 21.3 Å². The number of hydrogen-bond acceptors (Lipinski definition) is 7. The lowest BCUT2D eigenvalue weighted by Crippen LogP contribution is -2.69. The van der Waals surface area contributed by atoms with Gasteiger partial charge in [-0.15, -0.1) is 0 Å². The number of hydrogen-bond donors (Lipinski definition) is 0. The first-order valence-electron chi connectivity index (χ1n) is 12.8. The van der Waals surface area contributed by atoms with Crippen LogP contribution in [0.15, 0.2) is 60.7 Å². The minimum absolute atomic E-state index is 0.682. The Bertz CT molecular complexity index is 878. The maximum absolute atomic E-state index is 7.33. The summed E-state index contributed by atoms with van der Waals surface area (Å²) in [5.41, 5.74) is 0. The Hall–Kier alpha value is -0.539. The van der Waals surface area contributed by atoms with E-state index in [2.05, 4.69) is 94.4 Å². The molecule has 2 rings (SSSR count). The molecule has 0 heterocycles. The van der Waals surface area contributed by atoms with Gasteiger partial charge in [-0.2, -0.15) is 0 Å². The third-order valence-electron chi connectivity index (χ3n) is 5.93. The van der Waals surface area contributed by atoms with E-state index in [1.165, 1.54) is 0 Å². The van der Waals surface area contributed by atoms with Crippen LogP contribution < -0.4 is 10.4 Å². The van der Waals surface area contributed by atoms with E-state index in [0.717, 1.165) is 16.4 Å². The van der Waals surface area contributed by atoms with E-state index in [0.29, 0.717) is 6.04 Å². The minimum atomic E-state index is -3.13. The highest BCUT2D eigenvalue weighted by molar-refractivity contribution is 7.00. The second-order valence-corrected chi connectivity index (χ2v) is 30.4. The van der Waals surface area contributed by atoms with Gasteiger partial charge in [0, 0.05) is 27.4 Å². The van der Waals surface area contributed by atoms with Gasteiger partial charge in [-0.3, -0.25) is 0 Å². The van der Waals surface area contributed by atoms with Gasteiger partial charge in [0.25, 0.3) is 9.28 Å². The van der Waals surface area contributed by atoms with Crippen molar-refractivity contribution < 1.29 is 29.7 Å². The fourth-order valence-electron chi connectivity index (χ4n) is 4.27. The molecule has 37 heavy (non-hydrogen) atoms. The van der Waals surface area contributed by atoms with Gasteiger partial charge >= 0.3 is 26.6 Å². The van der Waals surface area contributed by atoms with Gasteiger partial charge < -0.3 is 29.7 Å². The van der Waals surface area contributed by atoms with Gasteiger partial charge in [0.1, 0.15) is 0 Å². The Kier molecular flexibility index (Phi) is 12.5. The van der Waals surface area contributed by atoms with Crippen molar-refractivity contribution in [2.45, 2.75) is 57.9 Å². The maximum Gasteiger partial charge on any atom is 0.499 e. The molecule has 0 aliphatic heterocycles. The largest absolute Gasteiger partial charge is 0.499 e. The zero-order valence-electron chi connectivity index (χ0n) is 24.2. The van der Waals surface area contributed by atoms with E-state index in [9.17, 15) is 0 Å². The highest BCUT2D eigenvalue weighted by Crippen LogP contribution is 2.27. The summed E-state index contributed by atoms with van der Waals surface area (Å²) in [5.74, 6) is 0. The molecule has 2 aromatic rings. The minimum Gasteiger partial charge on any atom is -0.439 e. The first-order valence-corrected chi connectivity index (χ1v) is 27.2. The van der Waals surface area contributed by atoms with Crippen LogP contribution in [0.25, 0.3) is 0 Å². The average molecular weight is 615 g/mol. The Morgan fingerprint density at radius 1 is 0.622 bits per heavy atom. The third-order valence-corrected chi connectivity index (χ3v) is 26.0. The molecular weight excluding hydrogens is 569 g/mol. The van der Waals surface area contributed by atoms with Crippen molar-refractivity contribution in [1.82, 2.24) is 0 Å². The van der Waals surface area contributed by atoms with Crippen LogP contribution in [0, 0.1) is 0 Å². The molecule has 0 N–H and O–H groups in total. The van der Waals surface area contributed by atoms with E-state index in [1.807, 2.05) is 12.1 Å². The topological polar surface area (TPSA) is 64.6 Å². The zero-order chi connectivity index (χ0) is 27.7. The van der Waals surface area contributed by atoms with Crippen molar-refractivity contribution in [3.8, 4) is 0 Å². The smallest absolute Gasteiger partial charge is 0.439 e. The molecule has 2 aromatic carbocycles. The molecule has 2 atom stereocenters. The van der Waals surface area contributed by atoms with Crippen LogP contribution in [0.4, 0.5) is 0 Å². The van der Waals surface area contributed by atoms with Crippen LogP contribution in [-0.2, 0) is 29.7 Å². The van der Waals surface area contributed by atoms with Crippen molar-refractivity contribution in [3.63, 3.8) is 0 Å². The molecule has 13 heteroatoms. The molecule has 0 saturated carbocycles. The Balaban J connectivity index is 2.48. The third kappa shape index (κ3) is 9.86. The van der Waals surface area contributed by atoms with Gasteiger partial charge in [-0.25, -0.2) is 0 Å². The van der Waals surface area contributed by atoms with Crippen molar-refractivity contribution >= 4 is 62.9 Å². The SMILES string of the molecule is CO[Si](CC[Si](C)(C)O[Si](O[SiH](C)O[SiH](C)O[Si](C)(C)C)(c1ccccc1)c1ccccc1)(OC)OC. The maximum atomic E-state index is 7.33. The van der Waals surface area contributed by atoms with Gasteiger partial charge in [-0.1, -0.05) is 60.7 Å². The van der Waals surface area contributed by atoms with Gasteiger partial charge in [0.15, 0.2) is 16.6 Å². The van der Waals surface area contributed by atoms with E-state index < -0.39 is 52.6 Å². The van der Waals surface area contributed by atoms with Gasteiger partial charge in [0.05, 0.1) is 0 Å². The molecule has 2 unspecified atom stereocenters. The van der Waals surface area contributed by atoms with Crippen molar-refractivity contribution in [2.75, 3.05) is 21.3 Å². The van der Waals surface area contributed by atoms with Crippen molar-refractivity contribution in [1.29, 1.82) is 0 Å². The van der Waals surface area contributed by atoms with Crippen LogP contribution in [0.2, 0.25) is 57.9 Å². The second kappa shape index (κ2) is 14.2. The van der Waals surface area contributed by atoms with Crippen molar-refractivity contribution in [3.05, 3.63) is 60.7 Å². The van der Waals surface area contributed by atoms with E-state index in [4.69, 9.17) is 29.7 Å². The van der Waals surface area contributed by atoms with Crippen molar-refractivity contribution in [2.24, 2.45) is 0 Å². The molecule has 0 aromatic heterocycles. The Morgan fingerprint density at radius 3 is 1.46 bits per heavy atom. The summed E-state index contributed by atoms with van der Waals surface area (Å²) in [7, 11) is -8.86. The Morgan fingerprint density at radius 2 is 1.05 bits per heavy atom. The predicted molar refractivity (Wildman–Crippen MR) is 165 cm³/mol. The molecule has 0 amide bonds. The summed E-state index contributed by atoms with van der Waals surface area (Å²) in [5, 5.41) is 2.16. The first kappa shape index (κ1) is 32.7. The molecule has 208 valence electrons. The summed E-state index contributed by atoms with van der Waals surface area (Å²) in [6.45, 7) is 15.3. The summed E-state index contributed by atoms with van der Waals surface area (Å²) >= 11 is 0. The highest BCUT2D eigenvalue weighted by atomic mass is 28.5. The summed E-state index contributed by atoms with van der Waals surface area (Å²) < 4.78 is 44.3. The van der Waals surface area contributed by atoms with Gasteiger partial charge in [0.2, 0.25) is 0 Å². The molecule has 0 bridgehead atoms. The molecule has 0 radical (unpaired) electrons. The molecule has 0 saturated heterocycles. The average Bonchev–Trinajstić information content (AvgIpc) is 2.84. The van der Waals surface area contributed by atoms with E-state index in [-0.39, 0.29) is 0 Å². The lowest BCUT2D eigenvalue weighted by molar-refractivity contribution is 0.125. The summed E-state index contributed by atoms with van der Waals surface area (Å²) in [4.78, 5) is 0. The fraction of sp³-hybridized carbons (Fsp3) is 0.500. The zero-order valence-corrected chi connectivity index (χ0v) is 30.5. The van der Waals surface area contributed by atoms with Crippen LogP contribution in [-0.4, -0.2) is 73.9 Å². The first-order chi connectivity index (χ1) is 17.3. The molecule has 0 spiro atoms. The molecule has 0 fully saturated rings. The van der Waals surface area contributed by atoms with Crippen LogP contribution in [0.1, 0.15) is 0 Å². The quantitative estimate of drug-likeness (QED) is 0.266. The van der Waals surface area contributed by atoms with Crippen LogP contribution >= 0.6 is 0 Å². The standard InChI is InChI=1S/C24H46O7Si6/c1-25-36(26-2,27-3)22-21-35(9,10)31-37(23-17-13-11-14-18-23,24-19-15-12-16-20-24)30-33(5)28-32(4)29-34(6,7)8/h11-20,32-33H,21-22H2,1-10H3. The number of rotatable bonds is 16. The highest BCUT2D eigenvalue weighted by Gasteiger charge is 2.50. The van der Waals surface area contributed by atoms with Crippen LogP contribution in [0.3, 0.4) is 0 Å². The Labute approximate surface area is 231 Å². The van der Waals surface area contributed by atoms with Crippen LogP contribution in [0.5, 0.6) is 0 Å². The predicted octanol–water partition coefficient (Wildman–Crippen LogP) is 3.93. The second-order valence-electron chi connectivity index (χ2n) is 10.6. The normalized spacial score (nSPS) is 15.0. The monoisotopic (exact) mass is 614 g/mol. The molecule has 7 nitrogen and oxygen atoms in total. The van der Waals surface area contributed by atoms with E-state index >= 15 is 0 Å². The summed E-state index contributed by atoms with van der Waals surface area (Å²) in [6, 6.07) is 22.3. The lowest BCUT2D eigenvalue weighted by Gasteiger charge is -2.41. The van der Waals surface area contributed by atoms with Gasteiger partial charge in [-0.05, 0) is 62.2 Å². The number of benzene rings is 2. The molecule has 0 aliphatic rings. The fourth-order valence-corrected chi connectivity index (χ4v) is 26.2. The summed E-state index contributed by atoms with van der Waals surface area (Å²) in [6.07, 6.45) is 0. The lowest BCUT2D eigenvalue weighted by atomic mass is 10.4. The molecular formula is C24H46O7Si6.